The van der Waals surface area contributed by atoms with E-state index >= 15 is 0 Å². The molecule has 0 bridgehead atoms. The first-order chi connectivity index (χ1) is 16.1. The summed E-state index contributed by atoms with van der Waals surface area (Å²) < 4.78 is 15.7. The van der Waals surface area contributed by atoms with Gasteiger partial charge in [-0.25, -0.2) is 15.2 Å². The molecular formula is C23H25N5O5. The minimum Gasteiger partial charge on any atom is -0.493 e. The number of aromatic nitrogens is 2. The zero-order valence-corrected chi connectivity index (χ0v) is 18.3. The second-order valence-electron chi connectivity index (χ2n) is 6.89. The highest BCUT2D eigenvalue weighted by Crippen LogP contribution is 2.26. The van der Waals surface area contributed by atoms with Gasteiger partial charge in [0.25, 0.3) is 5.91 Å². The molecule has 3 rings (SSSR count). The van der Waals surface area contributed by atoms with E-state index in [1.54, 1.807) is 31.5 Å². The van der Waals surface area contributed by atoms with E-state index in [1.807, 2.05) is 30.3 Å². The molecule has 10 heteroatoms. The number of ether oxygens (including phenoxy) is 3. The zero-order valence-electron chi connectivity index (χ0n) is 18.3. The molecule has 33 heavy (non-hydrogen) atoms. The van der Waals surface area contributed by atoms with Crippen LogP contribution in [-0.2, 0) is 22.6 Å². The number of alkyl carbamates (subject to hydrolysis) is 1. The zero-order chi connectivity index (χ0) is 23.5. The van der Waals surface area contributed by atoms with E-state index < -0.39 is 18.0 Å². The van der Waals surface area contributed by atoms with E-state index in [2.05, 4.69) is 25.8 Å². The molecule has 0 aliphatic heterocycles. The Labute approximate surface area is 191 Å². The van der Waals surface area contributed by atoms with Gasteiger partial charge in [0, 0.05) is 18.3 Å². The van der Waals surface area contributed by atoms with Gasteiger partial charge in [0.05, 0.1) is 26.8 Å². The van der Waals surface area contributed by atoms with Crippen LogP contribution in [0.3, 0.4) is 0 Å². The first kappa shape index (κ1) is 23.3. The van der Waals surface area contributed by atoms with Crippen molar-refractivity contribution in [1.29, 1.82) is 0 Å². The molecule has 3 N–H and O–H groups in total. The summed E-state index contributed by atoms with van der Waals surface area (Å²) in [6, 6.07) is 13.5. The van der Waals surface area contributed by atoms with Crippen LogP contribution in [0.4, 0.5) is 4.79 Å². The van der Waals surface area contributed by atoms with Crippen LogP contribution in [0.5, 0.6) is 11.5 Å². The lowest BCUT2D eigenvalue weighted by Gasteiger charge is -2.16. The van der Waals surface area contributed by atoms with Crippen LogP contribution >= 0.6 is 0 Å². The Balaban J connectivity index is 1.61. The smallest absolute Gasteiger partial charge is 0.408 e. The quantitative estimate of drug-likeness (QED) is 0.321. The summed E-state index contributed by atoms with van der Waals surface area (Å²) in [5.41, 5.74) is 4.63. The number of hydrogen-bond donors (Lipinski definition) is 3. The molecule has 3 aromatic rings. The standard InChI is InChI=1S/C23H25N5O5/c1-31-20-9-8-17(10-21(20)32-2)12-26-28-22(29)19(11-18-13-24-15-25-18)27-23(30)33-14-16-6-4-3-5-7-16/h3-10,12-13,15,19H,11,14H2,1-2H3,(H,24,25)(H,27,30)(H,28,29)/b26-12-/t19-/m1/s1. The Morgan fingerprint density at radius 2 is 1.91 bits per heavy atom. The Hall–Kier alpha value is -4.34. The molecule has 0 aliphatic rings. The van der Waals surface area contributed by atoms with E-state index in [4.69, 9.17) is 14.2 Å². The number of carbonyl (C=O) groups excluding carboxylic acids is 2. The Morgan fingerprint density at radius 1 is 1.12 bits per heavy atom. The molecule has 1 heterocycles. The molecule has 0 saturated heterocycles. The molecule has 0 spiro atoms. The van der Waals surface area contributed by atoms with Gasteiger partial charge in [0.15, 0.2) is 11.5 Å². The molecule has 0 unspecified atom stereocenters. The number of nitrogens with one attached hydrogen (secondary N) is 3. The van der Waals surface area contributed by atoms with Crippen molar-refractivity contribution in [2.75, 3.05) is 14.2 Å². The number of amides is 2. The number of methoxy groups -OCH3 is 2. The van der Waals surface area contributed by atoms with E-state index in [0.717, 1.165) is 5.56 Å². The molecule has 0 radical (unpaired) electrons. The maximum Gasteiger partial charge on any atom is 0.408 e. The monoisotopic (exact) mass is 451 g/mol. The molecular weight excluding hydrogens is 426 g/mol. The van der Waals surface area contributed by atoms with Crippen molar-refractivity contribution in [3.63, 3.8) is 0 Å². The number of nitrogens with zero attached hydrogens (tertiary/aromatic N) is 2. The van der Waals surface area contributed by atoms with Crippen molar-refractivity contribution in [3.05, 3.63) is 77.9 Å². The van der Waals surface area contributed by atoms with Gasteiger partial charge in [0.1, 0.15) is 12.6 Å². The number of benzene rings is 2. The number of aromatic amines is 1. The summed E-state index contributed by atoms with van der Waals surface area (Å²) in [5.74, 6) is 0.599. The van der Waals surface area contributed by atoms with Crippen molar-refractivity contribution in [2.45, 2.75) is 19.1 Å². The number of hydrazone groups is 1. The molecule has 0 aliphatic carbocycles. The van der Waals surface area contributed by atoms with E-state index in [-0.39, 0.29) is 13.0 Å². The average molecular weight is 451 g/mol. The number of rotatable bonds is 10. The van der Waals surface area contributed by atoms with Crippen LogP contribution in [0.2, 0.25) is 0 Å². The summed E-state index contributed by atoms with van der Waals surface area (Å²) in [4.78, 5) is 31.9. The fourth-order valence-electron chi connectivity index (χ4n) is 2.91. The Bertz CT molecular complexity index is 1070. The summed E-state index contributed by atoms with van der Waals surface area (Å²) in [7, 11) is 3.08. The van der Waals surface area contributed by atoms with Gasteiger partial charge >= 0.3 is 6.09 Å². The van der Waals surface area contributed by atoms with E-state index in [0.29, 0.717) is 22.8 Å². The SMILES string of the molecule is COc1ccc(/C=N\NC(=O)[C@@H](Cc2cnc[nH]2)NC(=O)OCc2ccccc2)cc1OC. The molecule has 172 valence electrons. The lowest BCUT2D eigenvalue weighted by molar-refractivity contribution is -0.123. The first-order valence-corrected chi connectivity index (χ1v) is 10.1. The van der Waals surface area contributed by atoms with E-state index in [1.165, 1.54) is 19.7 Å². The van der Waals surface area contributed by atoms with Crippen LogP contribution < -0.4 is 20.2 Å². The molecule has 1 atom stereocenters. The third kappa shape index (κ3) is 7.10. The fraction of sp³-hybridized carbons (Fsp3) is 0.217. The van der Waals surface area contributed by atoms with Crippen molar-refractivity contribution < 1.29 is 23.8 Å². The maximum absolute atomic E-state index is 12.7. The first-order valence-electron chi connectivity index (χ1n) is 10.1. The average Bonchev–Trinajstić information content (AvgIpc) is 3.36. The van der Waals surface area contributed by atoms with E-state index in [9.17, 15) is 9.59 Å². The van der Waals surface area contributed by atoms with Crippen LogP contribution in [-0.4, -0.2) is 48.4 Å². The second kappa shape index (κ2) is 11.9. The van der Waals surface area contributed by atoms with Crippen molar-refractivity contribution in [1.82, 2.24) is 20.7 Å². The van der Waals surface area contributed by atoms with Gasteiger partial charge in [-0.05, 0) is 29.3 Å². The topological polar surface area (TPSA) is 127 Å². The van der Waals surface area contributed by atoms with Gasteiger partial charge in [-0.3, -0.25) is 4.79 Å². The Kier molecular flexibility index (Phi) is 8.41. The van der Waals surface area contributed by atoms with Gasteiger partial charge in [0.2, 0.25) is 0 Å². The third-order valence-corrected chi connectivity index (χ3v) is 4.60. The number of carbonyl (C=O) groups is 2. The van der Waals surface area contributed by atoms with Crippen LogP contribution in [0, 0.1) is 0 Å². The highest BCUT2D eigenvalue weighted by Gasteiger charge is 2.22. The molecule has 2 amide bonds. The largest absolute Gasteiger partial charge is 0.493 e. The van der Waals surface area contributed by atoms with Gasteiger partial charge in [-0.1, -0.05) is 30.3 Å². The normalized spacial score (nSPS) is 11.6. The lowest BCUT2D eigenvalue weighted by Crippen LogP contribution is -2.47. The Morgan fingerprint density at radius 3 is 2.61 bits per heavy atom. The number of imidazole rings is 1. The van der Waals surface area contributed by atoms with Crippen molar-refractivity contribution >= 4 is 18.2 Å². The highest BCUT2D eigenvalue weighted by molar-refractivity contribution is 5.87. The van der Waals surface area contributed by atoms with Gasteiger partial charge in [-0.15, -0.1) is 0 Å². The molecule has 1 aromatic heterocycles. The predicted molar refractivity (Wildman–Crippen MR) is 121 cm³/mol. The van der Waals surface area contributed by atoms with Crippen molar-refractivity contribution in [2.24, 2.45) is 5.10 Å². The molecule has 0 fully saturated rings. The number of H-pyrrole nitrogens is 1. The summed E-state index contributed by atoms with van der Waals surface area (Å²) >= 11 is 0. The van der Waals surface area contributed by atoms with Crippen LogP contribution in [0.1, 0.15) is 16.8 Å². The van der Waals surface area contributed by atoms with Gasteiger partial charge in [-0.2, -0.15) is 5.10 Å². The molecule has 10 nitrogen and oxygen atoms in total. The van der Waals surface area contributed by atoms with Crippen LogP contribution in [0.25, 0.3) is 0 Å². The summed E-state index contributed by atoms with van der Waals surface area (Å²) in [6.07, 6.45) is 3.98. The molecule has 2 aromatic carbocycles. The van der Waals surface area contributed by atoms with Crippen LogP contribution in [0.15, 0.2) is 66.2 Å². The summed E-state index contributed by atoms with van der Waals surface area (Å²) in [5, 5.41) is 6.56. The predicted octanol–water partition coefficient (Wildman–Crippen LogP) is 2.41. The summed E-state index contributed by atoms with van der Waals surface area (Å²) in [6.45, 7) is 0.0858. The maximum atomic E-state index is 12.7. The highest BCUT2D eigenvalue weighted by atomic mass is 16.5. The fourth-order valence-corrected chi connectivity index (χ4v) is 2.91. The second-order valence-corrected chi connectivity index (χ2v) is 6.89. The lowest BCUT2D eigenvalue weighted by atomic mass is 10.1. The minimum absolute atomic E-state index is 0.0858. The molecule has 0 saturated carbocycles. The minimum atomic E-state index is -0.934. The third-order valence-electron chi connectivity index (χ3n) is 4.60. The number of hydrogen-bond acceptors (Lipinski definition) is 7. The van der Waals surface area contributed by atoms with Gasteiger partial charge < -0.3 is 24.5 Å². The van der Waals surface area contributed by atoms with Crippen molar-refractivity contribution in [3.8, 4) is 11.5 Å².